The predicted molar refractivity (Wildman–Crippen MR) is 59.4 cm³/mol. The van der Waals surface area contributed by atoms with Crippen molar-refractivity contribution in [3.63, 3.8) is 0 Å². The quantitative estimate of drug-likeness (QED) is 0.829. The first-order valence-corrected chi connectivity index (χ1v) is 6.06. The maximum atomic E-state index is 11.7. The van der Waals surface area contributed by atoms with Crippen LogP contribution in [-0.4, -0.2) is 26.8 Å². The number of nitrogens with two attached hydrogens (primary N) is 1. The predicted octanol–water partition coefficient (Wildman–Crippen LogP) is 1.28. The molecule has 2 N–H and O–H groups in total. The molecule has 0 heterocycles. The normalized spacial score (nSPS) is 12.0. The van der Waals surface area contributed by atoms with E-state index < -0.39 is 10.0 Å². The van der Waals surface area contributed by atoms with Gasteiger partial charge in [-0.05, 0) is 34.1 Å². The van der Waals surface area contributed by atoms with Crippen LogP contribution in [0.15, 0.2) is 27.6 Å². The largest absolute Gasteiger partial charge is 0.398 e. The summed E-state index contributed by atoms with van der Waals surface area (Å²) in [5, 5.41) is 0. The standard InChI is InChI=1S/C8H11BrN2O2S/c1-11(2)14(12,13)6-3-4-8(10)7(9)5-6/h3-5H,10H2,1-2H3. The lowest BCUT2D eigenvalue weighted by molar-refractivity contribution is 0.520. The van der Waals surface area contributed by atoms with Crippen molar-refractivity contribution in [3.05, 3.63) is 22.7 Å². The van der Waals surface area contributed by atoms with E-state index in [4.69, 9.17) is 5.73 Å². The molecular formula is C8H11BrN2O2S. The Kier molecular flexibility index (Phi) is 3.18. The van der Waals surface area contributed by atoms with Crippen LogP contribution in [0.3, 0.4) is 0 Å². The van der Waals surface area contributed by atoms with Gasteiger partial charge >= 0.3 is 0 Å². The molecule has 0 unspecified atom stereocenters. The molecule has 0 saturated carbocycles. The van der Waals surface area contributed by atoms with E-state index in [0.29, 0.717) is 10.2 Å². The minimum Gasteiger partial charge on any atom is -0.398 e. The van der Waals surface area contributed by atoms with Crippen LogP contribution < -0.4 is 5.73 Å². The van der Waals surface area contributed by atoms with Gasteiger partial charge in [-0.3, -0.25) is 0 Å². The summed E-state index contributed by atoms with van der Waals surface area (Å²) in [5.74, 6) is 0. The first-order chi connectivity index (χ1) is 6.35. The number of hydrogen-bond acceptors (Lipinski definition) is 3. The molecule has 0 aliphatic heterocycles. The number of sulfonamides is 1. The molecule has 0 fully saturated rings. The summed E-state index contributed by atoms with van der Waals surface area (Å²) >= 11 is 3.18. The molecule has 1 aromatic carbocycles. The van der Waals surface area contributed by atoms with Crippen molar-refractivity contribution in [1.82, 2.24) is 4.31 Å². The molecule has 6 heteroatoms. The highest BCUT2D eigenvalue weighted by molar-refractivity contribution is 9.10. The third-order valence-corrected chi connectivity index (χ3v) is 4.25. The molecule has 4 nitrogen and oxygen atoms in total. The number of rotatable bonds is 2. The average molecular weight is 279 g/mol. The highest BCUT2D eigenvalue weighted by atomic mass is 79.9. The van der Waals surface area contributed by atoms with Gasteiger partial charge in [-0.2, -0.15) is 0 Å². The van der Waals surface area contributed by atoms with Crippen molar-refractivity contribution in [2.24, 2.45) is 0 Å². The van der Waals surface area contributed by atoms with Crippen molar-refractivity contribution in [2.45, 2.75) is 4.90 Å². The van der Waals surface area contributed by atoms with Gasteiger partial charge in [0.05, 0.1) is 4.90 Å². The molecule has 78 valence electrons. The Hall–Kier alpha value is -0.590. The molecule has 0 amide bonds. The van der Waals surface area contributed by atoms with Crippen molar-refractivity contribution in [2.75, 3.05) is 19.8 Å². The van der Waals surface area contributed by atoms with E-state index in [9.17, 15) is 8.42 Å². The zero-order valence-electron chi connectivity index (χ0n) is 7.86. The number of halogens is 1. The van der Waals surface area contributed by atoms with Crippen LogP contribution in [-0.2, 0) is 10.0 Å². The molecule has 0 aromatic heterocycles. The van der Waals surface area contributed by atoms with Crippen molar-refractivity contribution in [3.8, 4) is 0 Å². The van der Waals surface area contributed by atoms with Crippen LogP contribution in [0.25, 0.3) is 0 Å². The Morgan fingerprint density at radius 1 is 1.36 bits per heavy atom. The Bertz CT molecular complexity index is 443. The number of hydrogen-bond donors (Lipinski definition) is 1. The van der Waals surface area contributed by atoms with Crippen molar-refractivity contribution in [1.29, 1.82) is 0 Å². The summed E-state index contributed by atoms with van der Waals surface area (Å²) in [6.07, 6.45) is 0. The summed E-state index contributed by atoms with van der Waals surface area (Å²) in [5.41, 5.74) is 6.07. The molecule has 1 rings (SSSR count). The average Bonchev–Trinajstić information content (AvgIpc) is 2.09. The summed E-state index contributed by atoms with van der Waals surface area (Å²) in [6.45, 7) is 0. The lowest BCUT2D eigenvalue weighted by Crippen LogP contribution is -2.22. The van der Waals surface area contributed by atoms with Gasteiger partial charge in [-0.25, -0.2) is 12.7 Å². The second-order valence-electron chi connectivity index (χ2n) is 2.97. The second kappa shape index (κ2) is 3.88. The fourth-order valence-electron chi connectivity index (χ4n) is 0.879. The van der Waals surface area contributed by atoms with E-state index in [1.54, 1.807) is 6.07 Å². The summed E-state index contributed by atoms with van der Waals surface area (Å²) in [4.78, 5) is 0.226. The Morgan fingerprint density at radius 2 is 1.93 bits per heavy atom. The van der Waals surface area contributed by atoms with Gasteiger partial charge in [0.1, 0.15) is 0 Å². The first-order valence-electron chi connectivity index (χ1n) is 3.83. The van der Waals surface area contributed by atoms with Gasteiger partial charge in [-0.1, -0.05) is 0 Å². The molecule has 14 heavy (non-hydrogen) atoms. The van der Waals surface area contributed by atoms with Gasteiger partial charge < -0.3 is 5.73 Å². The van der Waals surface area contributed by atoms with E-state index in [1.807, 2.05) is 0 Å². The van der Waals surface area contributed by atoms with E-state index >= 15 is 0 Å². The maximum Gasteiger partial charge on any atom is 0.242 e. The first kappa shape index (κ1) is 11.5. The highest BCUT2D eigenvalue weighted by Gasteiger charge is 2.17. The summed E-state index contributed by atoms with van der Waals surface area (Å²) in [7, 11) is -0.397. The number of nitrogens with zero attached hydrogens (tertiary/aromatic N) is 1. The zero-order chi connectivity index (χ0) is 10.9. The van der Waals surface area contributed by atoms with Crippen LogP contribution >= 0.6 is 15.9 Å². The highest BCUT2D eigenvalue weighted by Crippen LogP contribution is 2.24. The fraction of sp³-hybridized carbons (Fsp3) is 0.250. The van der Waals surface area contributed by atoms with E-state index in [2.05, 4.69) is 15.9 Å². The van der Waals surface area contributed by atoms with Crippen LogP contribution in [0.4, 0.5) is 5.69 Å². The lowest BCUT2D eigenvalue weighted by Gasteiger charge is -2.11. The Labute approximate surface area is 91.9 Å². The second-order valence-corrected chi connectivity index (χ2v) is 5.98. The van der Waals surface area contributed by atoms with Gasteiger partial charge in [0.25, 0.3) is 0 Å². The van der Waals surface area contributed by atoms with E-state index in [-0.39, 0.29) is 4.90 Å². The molecule has 0 aliphatic rings. The Morgan fingerprint density at radius 3 is 2.36 bits per heavy atom. The van der Waals surface area contributed by atoms with E-state index in [1.165, 1.54) is 26.2 Å². The fourth-order valence-corrected chi connectivity index (χ4v) is 2.34. The Balaban J connectivity index is 3.29. The van der Waals surface area contributed by atoms with Crippen molar-refractivity contribution >= 4 is 31.6 Å². The SMILES string of the molecule is CN(C)S(=O)(=O)c1ccc(N)c(Br)c1. The smallest absolute Gasteiger partial charge is 0.242 e. The molecule has 0 aliphatic carbocycles. The molecule has 0 saturated heterocycles. The summed E-state index contributed by atoms with van der Waals surface area (Å²) in [6, 6.07) is 4.53. The molecule has 0 radical (unpaired) electrons. The molecule has 0 bridgehead atoms. The number of anilines is 1. The molecule has 0 spiro atoms. The number of benzene rings is 1. The van der Waals surface area contributed by atoms with Gasteiger partial charge in [0.15, 0.2) is 0 Å². The topological polar surface area (TPSA) is 63.4 Å². The van der Waals surface area contributed by atoms with Crippen LogP contribution in [0.1, 0.15) is 0 Å². The molecular weight excluding hydrogens is 268 g/mol. The zero-order valence-corrected chi connectivity index (χ0v) is 10.3. The van der Waals surface area contributed by atoms with E-state index in [0.717, 1.165) is 4.31 Å². The lowest BCUT2D eigenvalue weighted by atomic mass is 10.3. The monoisotopic (exact) mass is 278 g/mol. The molecule has 0 atom stereocenters. The van der Waals surface area contributed by atoms with Crippen LogP contribution in [0, 0.1) is 0 Å². The minimum absolute atomic E-state index is 0.226. The minimum atomic E-state index is -3.37. The van der Waals surface area contributed by atoms with Crippen LogP contribution in [0.5, 0.6) is 0 Å². The third kappa shape index (κ3) is 2.08. The van der Waals surface area contributed by atoms with Gasteiger partial charge in [0, 0.05) is 24.3 Å². The van der Waals surface area contributed by atoms with Gasteiger partial charge in [0.2, 0.25) is 10.0 Å². The molecule has 1 aromatic rings. The van der Waals surface area contributed by atoms with Crippen LogP contribution in [0.2, 0.25) is 0 Å². The number of nitrogen functional groups attached to an aromatic ring is 1. The third-order valence-electron chi connectivity index (χ3n) is 1.75. The summed E-state index contributed by atoms with van der Waals surface area (Å²) < 4.78 is 25.1. The van der Waals surface area contributed by atoms with Gasteiger partial charge in [-0.15, -0.1) is 0 Å². The maximum absolute atomic E-state index is 11.7. The van der Waals surface area contributed by atoms with Crippen molar-refractivity contribution < 1.29 is 8.42 Å².